The Bertz CT molecular complexity index is 592. The Balaban J connectivity index is 2.11. The zero-order valence-corrected chi connectivity index (χ0v) is 12.6. The Kier molecular flexibility index (Phi) is 5.43. The van der Waals surface area contributed by atoms with Crippen LogP contribution in [0.2, 0.25) is 5.02 Å². The van der Waals surface area contributed by atoms with E-state index in [0.717, 1.165) is 10.5 Å². The molecular weight excluding hydrogens is 295 g/mol. The summed E-state index contributed by atoms with van der Waals surface area (Å²) in [5.41, 5.74) is 4.27. The van der Waals surface area contributed by atoms with Gasteiger partial charge in [0.1, 0.15) is 5.82 Å². The van der Waals surface area contributed by atoms with Gasteiger partial charge in [0.25, 0.3) is 0 Å². The number of halogens is 2. The van der Waals surface area contributed by atoms with E-state index in [-0.39, 0.29) is 11.9 Å². The zero-order valence-electron chi connectivity index (χ0n) is 11.1. The van der Waals surface area contributed by atoms with E-state index in [0.29, 0.717) is 16.3 Å². The minimum atomic E-state index is -0.251. The largest absolute Gasteiger partial charge is 0.271 e. The Morgan fingerprint density at radius 1 is 1.30 bits per heavy atom. The van der Waals surface area contributed by atoms with Crippen LogP contribution in [0.25, 0.3) is 0 Å². The van der Waals surface area contributed by atoms with Gasteiger partial charge in [0.2, 0.25) is 0 Å². The normalized spacial score (nSPS) is 12.4. The molecule has 2 aromatic carbocycles. The summed E-state index contributed by atoms with van der Waals surface area (Å²) in [7, 11) is 0. The average molecular weight is 311 g/mol. The Morgan fingerprint density at radius 2 is 2.10 bits per heavy atom. The lowest BCUT2D eigenvalue weighted by molar-refractivity contribution is 0.546. The van der Waals surface area contributed by atoms with Crippen molar-refractivity contribution in [2.75, 3.05) is 5.75 Å². The molecule has 1 atom stereocenters. The van der Waals surface area contributed by atoms with Crippen LogP contribution in [-0.2, 0) is 0 Å². The summed E-state index contributed by atoms with van der Waals surface area (Å²) in [6.07, 6.45) is 0. The SMILES string of the molecule is Cc1ccc(F)c(C(CSc2cccc(Cl)c2)NN)c1. The third-order valence-corrected chi connectivity index (χ3v) is 4.26. The first-order valence-electron chi connectivity index (χ1n) is 6.20. The zero-order chi connectivity index (χ0) is 14.5. The quantitative estimate of drug-likeness (QED) is 0.496. The number of aryl methyl sites for hydroxylation is 1. The molecule has 0 aliphatic carbocycles. The molecule has 2 aromatic rings. The van der Waals surface area contributed by atoms with Crippen LogP contribution >= 0.6 is 23.4 Å². The van der Waals surface area contributed by atoms with E-state index in [1.807, 2.05) is 37.3 Å². The molecule has 0 aliphatic heterocycles. The number of hydrogen-bond donors (Lipinski definition) is 2. The molecule has 0 aliphatic rings. The summed E-state index contributed by atoms with van der Waals surface area (Å²) in [4.78, 5) is 1.03. The molecule has 1 unspecified atom stereocenters. The first-order chi connectivity index (χ1) is 9.60. The summed E-state index contributed by atoms with van der Waals surface area (Å²) in [5.74, 6) is 5.94. The molecular formula is C15H16ClFN2S. The van der Waals surface area contributed by atoms with Crippen molar-refractivity contribution in [3.8, 4) is 0 Å². The second-order valence-corrected chi connectivity index (χ2v) is 6.04. The van der Waals surface area contributed by atoms with Crippen LogP contribution in [0, 0.1) is 12.7 Å². The van der Waals surface area contributed by atoms with Gasteiger partial charge in [-0.05, 0) is 31.2 Å². The molecule has 20 heavy (non-hydrogen) atoms. The van der Waals surface area contributed by atoms with Crippen molar-refractivity contribution in [2.24, 2.45) is 5.84 Å². The molecule has 0 bridgehead atoms. The van der Waals surface area contributed by atoms with Gasteiger partial charge in [-0.15, -0.1) is 11.8 Å². The molecule has 2 nitrogen and oxygen atoms in total. The fraction of sp³-hybridized carbons (Fsp3) is 0.200. The van der Waals surface area contributed by atoms with Gasteiger partial charge < -0.3 is 0 Å². The van der Waals surface area contributed by atoms with Gasteiger partial charge in [0, 0.05) is 21.2 Å². The maximum absolute atomic E-state index is 13.9. The summed E-state index contributed by atoms with van der Waals surface area (Å²) < 4.78 is 13.9. The van der Waals surface area contributed by atoms with Crippen molar-refractivity contribution < 1.29 is 4.39 Å². The standard InChI is InChI=1S/C15H16ClFN2S/c1-10-5-6-14(17)13(7-10)15(19-18)9-20-12-4-2-3-11(16)8-12/h2-8,15,19H,9,18H2,1H3. The predicted octanol–water partition coefficient (Wildman–Crippen LogP) is 4.08. The molecule has 2 rings (SSSR count). The van der Waals surface area contributed by atoms with Crippen molar-refractivity contribution in [2.45, 2.75) is 17.9 Å². The number of hydrogen-bond acceptors (Lipinski definition) is 3. The van der Waals surface area contributed by atoms with Crippen LogP contribution in [0.15, 0.2) is 47.4 Å². The fourth-order valence-corrected chi connectivity index (χ4v) is 3.17. The molecule has 0 radical (unpaired) electrons. The number of hydrazine groups is 1. The molecule has 0 saturated heterocycles. The van der Waals surface area contributed by atoms with Gasteiger partial charge in [-0.2, -0.15) is 0 Å². The van der Waals surface area contributed by atoms with E-state index >= 15 is 0 Å². The smallest absolute Gasteiger partial charge is 0.128 e. The fourth-order valence-electron chi connectivity index (χ4n) is 1.89. The highest BCUT2D eigenvalue weighted by Crippen LogP contribution is 2.27. The van der Waals surface area contributed by atoms with Gasteiger partial charge in [-0.3, -0.25) is 11.3 Å². The van der Waals surface area contributed by atoms with Crippen LogP contribution in [0.5, 0.6) is 0 Å². The minimum absolute atomic E-state index is 0.245. The summed E-state index contributed by atoms with van der Waals surface area (Å²) in [6.45, 7) is 1.93. The van der Waals surface area contributed by atoms with Gasteiger partial charge in [-0.1, -0.05) is 35.4 Å². The van der Waals surface area contributed by atoms with Crippen LogP contribution in [0.3, 0.4) is 0 Å². The lowest BCUT2D eigenvalue weighted by Crippen LogP contribution is -2.30. The van der Waals surface area contributed by atoms with Gasteiger partial charge in [0.15, 0.2) is 0 Å². The second-order valence-electron chi connectivity index (χ2n) is 4.51. The topological polar surface area (TPSA) is 38.0 Å². The van der Waals surface area contributed by atoms with Crippen molar-refractivity contribution in [3.05, 3.63) is 64.4 Å². The highest BCUT2D eigenvalue weighted by molar-refractivity contribution is 7.99. The number of nitrogens with one attached hydrogen (secondary N) is 1. The molecule has 0 heterocycles. The maximum Gasteiger partial charge on any atom is 0.128 e. The van der Waals surface area contributed by atoms with E-state index < -0.39 is 0 Å². The monoisotopic (exact) mass is 310 g/mol. The van der Waals surface area contributed by atoms with Crippen molar-refractivity contribution in [3.63, 3.8) is 0 Å². The average Bonchev–Trinajstić information content (AvgIpc) is 2.43. The highest BCUT2D eigenvalue weighted by atomic mass is 35.5. The molecule has 0 amide bonds. The number of thioether (sulfide) groups is 1. The molecule has 3 N–H and O–H groups in total. The summed E-state index contributed by atoms with van der Waals surface area (Å²) in [6, 6.07) is 12.4. The Labute approximate surface area is 127 Å². The van der Waals surface area contributed by atoms with Crippen molar-refractivity contribution >= 4 is 23.4 Å². The number of benzene rings is 2. The van der Waals surface area contributed by atoms with Gasteiger partial charge >= 0.3 is 0 Å². The van der Waals surface area contributed by atoms with E-state index in [4.69, 9.17) is 17.4 Å². The van der Waals surface area contributed by atoms with E-state index in [1.165, 1.54) is 6.07 Å². The summed E-state index contributed by atoms with van der Waals surface area (Å²) in [5, 5.41) is 0.689. The number of rotatable bonds is 5. The van der Waals surface area contributed by atoms with Crippen LogP contribution in [0.4, 0.5) is 4.39 Å². The first-order valence-corrected chi connectivity index (χ1v) is 7.57. The van der Waals surface area contributed by atoms with Crippen molar-refractivity contribution in [1.29, 1.82) is 0 Å². The first kappa shape index (κ1) is 15.3. The molecule has 0 aromatic heterocycles. The lowest BCUT2D eigenvalue weighted by Gasteiger charge is -2.17. The molecule has 0 saturated carbocycles. The molecule has 106 valence electrons. The molecule has 0 spiro atoms. The van der Waals surface area contributed by atoms with E-state index in [2.05, 4.69) is 5.43 Å². The lowest BCUT2D eigenvalue weighted by atomic mass is 10.1. The Morgan fingerprint density at radius 3 is 2.80 bits per heavy atom. The van der Waals surface area contributed by atoms with E-state index in [9.17, 15) is 4.39 Å². The number of nitrogens with two attached hydrogens (primary N) is 1. The predicted molar refractivity (Wildman–Crippen MR) is 83.4 cm³/mol. The van der Waals surface area contributed by atoms with Crippen LogP contribution in [0.1, 0.15) is 17.2 Å². The maximum atomic E-state index is 13.9. The molecule has 5 heteroatoms. The van der Waals surface area contributed by atoms with E-state index in [1.54, 1.807) is 17.8 Å². The third-order valence-electron chi connectivity index (χ3n) is 2.94. The second kappa shape index (κ2) is 7.09. The molecule has 0 fully saturated rings. The third kappa shape index (κ3) is 3.96. The van der Waals surface area contributed by atoms with Crippen molar-refractivity contribution in [1.82, 2.24) is 5.43 Å². The Hall–Kier alpha value is -1.07. The highest BCUT2D eigenvalue weighted by Gasteiger charge is 2.15. The minimum Gasteiger partial charge on any atom is -0.271 e. The van der Waals surface area contributed by atoms with Gasteiger partial charge in [-0.25, -0.2) is 4.39 Å². The van der Waals surface area contributed by atoms with Crippen LogP contribution in [-0.4, -0.2) is 5.75 Å². The summed E-state index contributed by atoms with van der Waals surface area (Å²) >= 11 is 7.53. The van der Waals surface area contributed by atoms with Crippen LogP contribution < -0.4 is 11.3 Å². The van der Waals surface area contributed by atoms with Gasteiger partial charge in [0.05, 0.1) is 6.04 Å².